The minimum Gasteiger partial charge on any atom is -0.279 e. The van der Waals surface area contributed by atoms with E-state index in [4.69, 9.17) is 6.42 Å². The van der Waals surface area contributed by atoms with Crippen molar-refractivity contribution >= 4 is 15.7 Å². The van der Waals surface area contributed by atoms with E-state index in [1.807, 2.05) is 19.1 Å². The van der Waals surface area contributed by atoms with Crippen molar-refractivity contribution in [3.63, 3.8) is 0 Å². The molecule has 19 heavy (non-hydrogen) atoms. The van der Waals surface area contributed by atoms with E-state index < -0.39 is 10.0 Å². The highest BCUT2D eigenvalue weighted by Crippen LogP contribution is 2.19. The van der Waals surface area contributed by atoms with Crippen LogP contribution in [-0.4, -0.2) is 8.42 Å². The Morgan fingerprint density at radius 1 is 1.05 bits per heavy atom. The summed E-state index contributed by atoms with van der Waals surface area (Å²) < 4.78 is 26.9. The van der Waals surface area contributed by atoms with Gasteiger partial charge in [0.15, 0.2) is 0 Å². The van der Waals surface area contributed by atoms with Crippen molar-refractivity contribution in [2.45, 2.75) is 11.8 Å². The highest BCUT2D eigenvalue weighted by molar-refractivity contribution is 7.92. The Morgan fingerprint density at radius 3 is 2.26 bits per heavy atom. The molecule has 0 spiro atoms. The van der Waals surface area contributed by atoms with E-state index in [9.17, 15) is 8.42 Å². The molecule has 1 N–H and O–H groups in total. The molecule has 0 fully saturated rings. The van der Waals surface area contributed by atoms with Gasteiger partial charge in [0.1, 0.15) is 0 Å². The normalized spacial score (nSPS) is 10.7. The van der Waals surface area contributed by atoms with Crippen LogP contribution in [0.3, 0.4) is 0 Å². The standard InChI is InChI=1S/C15H13NO2S/c1-3-13-8-10-14(11-9-13)19(17,18)16-15-7-5-4-6-12(15)2/h1,4-11,16H,2H3. The Morgan fingerprint density at radius 2 is 1.68 bits per heavy atom. The molecule has 0 saturated carbocycles. The summed E-state index contributed by atoms with van der Waals surface area (Å²) in [6, 6.07) is 13.4. The van der Waals surface area contributed by atoms with Gasteiger partial charge >= 0.3 is 0 Å². The van der Waals surface area contributed by atoms with Crippen molar-refractivity contribution in [2.24, 2.45) is 0 Å². The summed E-state index contributed by atoms with van der Waals surface area (Å²) in [4.78, 5) is 0.190. The molecule has 3 nitrogen and oxygen atoms in total. The van der Waals surface area contributed by atoms with Gasteiger partial charge in [0.05, 0.1) is 10.6 Å². The zero-order valence-corrected chi connectivity index (χ0v) is 11.2. The fourth-order valence-corrected chi connectivity index (χ4v) is 2.75. The monoisotopic (exact) mass is 271 g/mol. The number of aryl methyl sites for hydroxylation is 1. The van der Waals surface area contributed by atoms with E-state index in [2.05, 4.69) is 10.6 Å². The van der Waals surface area contributed by atoms with Crippen molar-refractivity contribution in [2.75, 3.05) is 4.72 Å². The minimum atomic E-state index is -3.58. The molecule has 0 saturated heterocycles. The number of hydrogen-bond donors (Lipinski definition) is 1. The summed E-state index contributed by atoms with van der Waals surface area (Å²) in [6.45, 7) is 1.85. The van der Waals surface area contributed by atoms with Crippen molar-refractivity contribution in [1.29, 1.82) is 0 Å². The lowest BCUT2D eigenvalue weighted by molar-refractivity contribution is 0.601. The smallest absolute Gasteiger partial charge is 0.261 e. The molecule has 0 aromatic heterocycles. The molecule has 4 heteroatoms. The van der Waals surface area contributed by atoms with Crippen LogP contribution in [0.2, 0.25) is 0 Å². The third-order valence-corrected chi connectivity index (χ3v) is 4.10. The molecule has 0 aliphatic heterocycles. The lowest BCUT2D eigenvalue weighted by atomic mass is 10.2. The van der Waals surface area contributed by atoms with Gasteiger partial charge in [-0.15, -0.1) is 6.42 Å². The number of hydrogen-bond acceptors (Lipinski definition) is 2. The maximum atomic E-state index is 12.2. The van der Waals surface area contributed by atoms with E-state index in [-0.39, 0.29) is 4.90 Å². The molecule has 96 valence electrons. The highest BCUT2D eigenvalue weighted by Gasteiger charge is 2.14. The Labute approximate surface area is 113 Å². The summed E-state index contributed by atoms with van der Waals surface area (Å²) in [5, 5.41) is 0. The first kappa shape index (κ1) is 13.2. The first-order valence-electron chi connectivity index (χ1n) is 5.68. The van der Waals surface area contributed by atoms with Crippen LogP contribution >= 0.6 is 0 Å². The second kappa shape index (κ2) is 5.17. The molecule has 0 radical (unpaired) electrons. The average Bonchev–Trinajstić information content (AvgIpc) is 2.41. The van der Waals surface area contributed by atoms with E-state index in [0.29, 0.717) is 11.3 Å². The summed E-state index contributed by atoms with van der Waals surface area (Å²) in [5.41, 5.74) is 2.09. The summed E-state index contributed by atoms with van der Waals surface area (Å²) in [6.07, 6.45) is 5.24. The van der Waals surface area contributed by atoms with Crippen molar-refractivity contribution in [3.05, 3.63) is 59.7 Å². The largest absolute Gasteiger partial charge is 0.279 e. The number of terminal acetylenes is 1. The van der Waals surface area contributed by atoms with Gasteiger partial charge in [0.25, 0.3) is 10.0 Å². The summed E-state index contributed by atoms with van der Waals surface area (Å²) in [5.74, 6) is 2.45. The van der Waals surface area contributed by atoms with Gasteiger partial charge in [-0.2, -0.15) is 0 Å². The van der Waals surface area contributed by atoms with Crippen LogP contribution in [0, 0.1) is 19.3 Å². The lowest BCUT2D eigenvalue weighted by Crippen LogP contribution is -2.13. The fraction of sp³-hybridized carbons (Fsp3) is 0.0667. The number of nitrogens with one attached hydrogen (secondary N) is 1. The quantitative estimate of drug-likeness (QED) is 0.872. The van der Waals surface area contributed by atoms with E-state index >= 15 is 0 Å². The Kier molecular flexibility index (Phi) is 3.59. The minimum absolute atomic E-state index is 0.190. The molecule has 0 aliphatic carbocycles. The number of rotatable bonds is 3. The molecule has 0 amide bonds. The van der Waals surface area contributed by atoms with Gasteiger partial charge < -0.3 is 0 Å². The third kappa shape index (κ3) is 2.95. The van der Waals surface area contributed by atoms with Crippen molar-refractivity contribution in [1.82, 2.24) is 0 Å². The second-order valence-electron chi connectivity index (χ2n) is 4.09. The molecule has 2 aromatic carbocycles. The molecule has 0 bridgehead atoms. The maximum Gasteiger partial charge on any atom is 0.261 e. The van der Waals surface area contributed by atoms with Crippen LogP contribution in [0.15, 0.2) is 53.4 Å². The van der Waals surface area contributed by atoms with Gasteiger partial charge in [0, 0.05) is 5.56 Å². The van der Waals surface area contributed by atoms with E-state index in [0.717, 1.165) is 5.56 Å². The number of para-hydroxylation sites is 1. The Hall–Kier alpha value is -2.25. The lowest BCUT2D eigenvalue weighted by Gasteiger charge is -2.10. The summed E-state index contributed by atoms with van der Waals surface area (Å²) >= 11 is 0. The molecule has 2 rings (SSSR count). The highest BCUT2D eigenvalue weighted by atomic mass is 32.2. The molecular formula is C15H13NO2S. The predicted molar refractivity (Wildman–Crippen MR) is 76.4 cm³/mol. The molecule has 0 aliphatic rings. The van der Waals surface area contributed by atoms with Crippen molar-refractivity contribution in [3.8, 4) is 12.3 Å². The maximum absolute atomic E-state index is 12.2. The molecule has 0 unspecified atom stereocenters. The van der Waals surface area contributed by atoms with Gasteiger partial charge in [-0.3, -0.25) is 4.72 Å². The van der Waals surface area contributed by atoms with E-state index in [1.165, 1.54) is 12.1 Å². The van der Waals surface area contributed by atoms with Gasteiger partial charge in [-0.1, -0.05) is 24.1 Å². The Bertz CT molecular complexity index is 725. The third-order valence-electron chi connectivity index (χ3n) is 2.72. The predicted octanol–water partition coefficient (Wildman–Crippen LogP) is 2.78. The molecular weight excluding hydrogens is 258 g/mol. The van der Waals surface area contributed by atoms with Gasteiger partial charge in [-0.05, 0) is 42.8 Å². The zero-order valence-electron chi connectivity index (χ0n) is 10.4. The van der Waals surface area contributed by atoms with Crippen LogP contribution in [0.4, 0.5) is 5.69 Å². The SMILES string of the molecule is C#Cc1ccc(S(=O)(=O)Nc2ccccc2C)cc1. The van der Waals surface area contributed by atoms with Crippen LogP contribution in [0.5, 0.6) is 0 Å². The fourth-order valence-electron chi connectivity index (χ4n) is 1.62. The van der Waals surface area contributed by atoms with Gasteiger partial charge in [-0.25, -0.2) is 8.42 Å². The van der Waals surface area contributed by atoms with Crippen LogP contribution in [-0.2, 0) is 10.0 Å². The van der Waals surface area contributed by atoms with Gasteiger partial charge in [0.2, 0.25) is 0 Å². The molecule has 0 heterocycles. The topological polar surface area (TPSA) is 46.2 Å². The van der Waals surface area contributed by atoms with Crippen LogP contribution in [0.25, 0.3) is 0 Å². The first-order chi connectivity index (χ1) is 9.03. The summed E-state index contributed by atoms with van der Waals surface area (Å²) in [7, 11) is -3.58. The second-order valence-corrected chi connectivity index (χ2v) is 5.77. The van der Waals surface area contributed by atoms with Crippen LogP contribution < -0.4 is 4.72 Å². The zero-order chi connectivity index (χ0) is 13.9. The number of anilines is 1. The number of benzene rings is 2. The average molecular weight is 271 g/mol. The molecule has 0 atom stereocenters. The van der Waals surface area contributed by atoms with E-state index in [1.54, 1.807) is 24.3 Å². The van der Waals surface area contributed by atoms with Crippen LogP contribution in [0.1, 0.15) is 11.1 Å². The molecule has 2 aromatic rings. The first-order valence-corrected chi connectivity index (χ1v) is 7.16. The van der Waals surface area contributed by atoms with Crippen molar-refractivity contribution < 1.29 is 8.42 Å². The Balaban J connectivity index is 2.33. The number of sulfonamides is 1.